The minimum Gasteiger partial charge on any atom is -0.135 e. The van der Waals surface area contributed by atoms with Gasteiger partial charge in [-0.2, -0.15) is 0 Å². The van der Waals surface area contributed by atoms with Crippen LogP contribution in [0.5, 0.6) is 0 Å². The first-order chi connectivity index (χ1) is 2.41. The van der Waals surface area contributed by atoms with Gasteiger partial charge >= 0.3 is 0 Å². The fraction of sp³-hybridized carbons (Fsp3) is 0.333. The maximum absolute atomic E-state index is 4.86. The topological polar surface area (TPSA) is 14.1 Å². The summed E-state index contributed by atoms with van der Waals surface area (Å²) < 4.78 is 0. The maximum atomic E-state index is 4.86. The van der Waals surface area contributed by atoms with Gasteiger partial charge in [0, 0.05) is 6.54 Å². The summed E-state index contributed by atoms with van der Waals surface area (Å²) in [6.07, 6.45) is 1.63. The van der Waals surface area contributed by atoms with Gasteiger partial charge in [0.2, 0.25) is 0 Å². The third kappa shape index (κ3) is 3.99. The van der Waals surface area contributed by atoms with Gasteiger partial charge in [-0.3, -0.25) is 0 Å². The second kappa shape index (κ2) is 3.99. The molecular weight excluding hydrogens is 85.5 g/mol. The molecule has 0 amide bonds. The van der Waals surface area contributed by atoms with Crippen molar-refractivity contribution in [2.45, 2.75) is 0 Å². The Balaban J connectivity index is 2.40. The van der Waals surface area contributed by atoms with E-state index in [4.69, 9.17) is 11.8 Å². The molecule has 0 aromatic heterocycles. The van der Waals surface area contributed by atoms with E-state index >= 15 is 0 Å². The monoisotopic (exact) mass is 90.0 g/mol. The second-order valence-corrected chi connectivity index (χ2v) is 0.830. The van der Waals surface area contributed by atoms with Crippen LogP contribution in [0.3, 0.4) is 0 Å². The summed E-state index contributed by atoms with van der Waals surface area (Å²) in [5.41, 5.74) is 0. The van der Waals surface area contributed by atoms with E-state index < -0.39 is 0 Å². The molecule has 0 aliphatic heterocycles. The standard InChI is InChI=1S/C3H5ClN/c1-2-3-5-4/h2H,1,3H2. The van der Waals surface area contributed by atoms with Crippen LogP contribution in [0.4, 0.5) is 0 Å². The van der Waals surface area contributed by atoms with Crippen LogP contribution >= 0.6 is 11.8 Å². The van der Waals surface area contributed by atoms with E-state index in [1.165, 1.54) is 0 Å². The first-order valence-corrected chi connectivity index (χ1v) is 1.64. The van der Waals surface area contributed by atoms with Crippen LogP contribution in [-0.4, -0.2) is 6.54 Å². The van der Waals surface area contributed by atoms with Crippen molar-refractivity contribution in [1.82, 2.24) is 4.84 Å². The molecule has 0 aromatic carbocycles. The molecule has 0 aliphatic rings. The van der Waals surface area contributed by atoms with Crippen LogP contribution in [0.25, 0.3) is 0 Å². The van der Waals surface area contributed by atoms with Gasteiger partial charge in [-0.05, 0) is 11.8 Å². The third-order valence-corrected chi connectivity index (χ3v) is 0.336. The summed E-state index contributed by atoms with van der Waals surface area (Å²) in [6, 6.07) is 0. The first kappa shape index (κ1) is 4.99. The Morgan fingerprint density at radius 3 is 2.60 bits per heavy atom. The van der Waals surface area contributed by atoms with Crippen LogP contribution in [0, 0.1) is 0 Å². The zero-order valence-corrected chi connectivity index (χ0v) is 3.57. The molecule has 0 atom stereocenters. The lowest BCUT2D eigenvalue weighted by atomic mass is 10.7. The molecule has 2 heteroatoms. The predicted molar refractivity (Wildman–Crippen MR) is 23.1 cm³/mol. The van der Waals surface area contributed by atoms with E-state index in [1.807, 2.05) is 0 Å². The zero-order valence-electron chi connectivity index (χ0n) is 2.82. The number of rotatable bonds is 2. The van der Waals surface area contributed by atoms with Gasteiger partial charge in [-0.1, -0.05) is 6.08 Å². The predicted octanol–water partition coefficient (Wildman–Crippen LogP) is 0.931. The fourth-order valence-electron chi connectivity index (χ4n) is 0.0488. The lowest BCUT2D eigenvalue weighted by Crippen LogP contribution is -1.83. The Kier molecular flexibility index (Phi) is 3.98. The van der Waals surface area contributed by atoms with Gasteiger partial charge in [0.1, 0.15) is 0 Å². The van der Waals surface area contributed by atoms with Gasteiger partial charge in [0.25, 0.3) is 0 Å². The molecule has 0 aromatic rings. The van der Waals surface area contributed by atoms with Gasteiger partial charge in [0.05, 0.1) is 0 Å². The highest BCUT2D eigenvalue weighted by atomic mass is 35.5. The highest BCUT2D eigenvalue weighted by molar-refractivity contribution is 6.13. The largest absolute Gasteiger partial charge is 0.135 e. The summed E-state index contributed by atoms with van der Waals surface area (Å²) in [5, 5.41) is 0. The molecule has 5 heavy (non-hydrogen) atoms. The molecule has 0 N–H and O–H groups in total. The van der Waals surface area contributed by atoms with Crippen molar-refractivity contribution in [3.8, 4) is 0 Å². The molecule has 29 valence electrons. The molecule has 0 unspecified atom stereocenters. The van der Waals surface area contributed by atoms with Crippen molar-refractivity contribution in [3.05, 3.63) is 12.7 Å². The van der Waals surface area contributed by atoms with Crippen LogP contribution in [0.2, 0.25) is 0 Å². The van der Waals surface area contributed by atoms with Gasteiger partial charge < -0.3 is 0 Å². The zero-order chi connectivity index (χ0) is 4.12. The van der Waals surface area contributed by atoms with Crippen molar-refractivity contribution < 1.29 is 0 Å². The van der Waals surface area contributed by atoms with Gasteiger partial charge in [-0.15, -0.1) is 11.4 Å². The van der Waals surface area contributed by atoms with E-state index in [1.54, 1.807) is 6.08 Å². The first-order valence-electron chi connectivity index (χ1n) is 1.30. The highest BCUT2D eigenvalue weighted by Gasteiger charge is 1.63. The Labute approximate surface area is 36.7 Å². The Hall–Kier alpha value is -0.0100. The van der Waals surface area contributed by atoms with Crippen molar-refractivity contribution in [2.24, 2.45) is 0 Å². The molecule has 0 fully saturated rings. The average molecular weight is 90.5 g/mol. The van der Waals surface area contributed by atoms with Crippen molar-refractivity contribution >= 4 is 11.8 Å². The van der Waals surface area contributed by atoms with Crippen molar-refractivity contribution in [1.29, 1.82) is 0 Å². The molecule has 1 nitrogen and oxygen atoms in total. The summed E-state index contributed by atoms with van der Waals surface area (Å²) in [7, 11) is 0. The molecular formula is C3H5ClN. The maximum Gasteiger partial charge on any atom is 0.0489 e. The second-order valence-electron chi connectivity index (χ2n) is 0.591. The average Bonchev–Trinajstić information content (AvgIpc) is 1.41. The van der Waals surface area contributed by atoms with E-state index in [9.17, 15) is 0 Å². The van der Waals surface area contributed by atoms with E-state index in [0.29, 0.717) is 6.54 Å². The Morgan fingerprint density at radius 2 is 2.60 bits per heavy atom. The fourth-order valence-corrected chi connectivity index (χ4v) is 0.146. The van der Waals surface area contributed by atoms with Crippen LogP contribution in [0.15, 0.2) is 12.7 Å². The number of nitrogens with zero attached hydrogens (tertiary/aromatic N) is 1. The minimum absolute atomic E-state index is 0.543. The molecule has 0 aliphatic carbocycles. The molecule has 1 radical (unpaired) electrons. The van der Waals surface area contributed by atoms with E-state index in [2.05, 4.69) is 11.4 Å². The lowest BCUT2D eigenvalue weighted by Gasteiger charge is -1.71. The number of hydrogen-bond donors (Lipinski definition) is 0. The van der Waals surface area contributed by atoms with E-state index in [-0.39, 0.29) is 0 Å². The Bertz CT molecular complexity index is 28.1. The number of hydrogen-bond acceptors (Lipinski definition) is 0. The molecule has 0 saturated heterocycles. The van der Waals surface area contributed by atoms with Crippen molar-refractivity contribution in [2.75, 3.05) is 6.54 Å². The summed E-state index contributed by atoms with van der Waals surface area (Å²) in [4.78, 5) is 3.21. The normalized spacial score (nSPS) is 7.40. The SMILES string of the molecule is C=CC[N]Cl. The van der Waals surface area contributed by atoms with Crippen LogP contribution in [-0.2, 0) is 0 Å². The lowest BCUT2D eigenvalue weighted by molar-refractivity contribution is 1.10. The van der Waals surface area contributed by atoms with Crippen molar-refractivity contribution in [3.63, 3.8) is 0 Å². The molecule has 0 heterocycles. The minimum atomic E-state index is 0.543. The summed E-state index contributed by atoms with van der Waals surface area (Å²) >= 11 is 4.86. The molecule has 0 rings (SSSR count). The Morgan fingerprint density at radius 1 is 2.00 bits per heavy atom. The molecule has 0 saturated carbocycles. The number of halogens is 1. The van der Waals surface area contributed by atoms with Gasteiger partial charge in [-0.25, -0.2) is 0 Å². The molecule has 0 spiro atoms. The third-order valence-electron chi connectivity index (χ3n) is 0.198. The summed E-state index contributed by atoms with van der Waals surface area (Å²) in [5.74, 6) is 0. The van der Waals surface area contributed by atoms with Gasteiger partial charge in [0.15, 0.2) is 0 Å². The van der Waals surface area contributed by atoms with Crippen LogP contribution < -0.4 is 4.84 Å². The molecule has 0 bridgehead atoms. The van der Waals surface area contributed by atoms with Crippen LogP contribution in [0.1, 0.15) is 0 Å². The quantitative estimate of drug-likeness (QED) is 0.448. The summed E-state index contributed by atoms with van der Waals surface area (Å²) in [6.45, 7) is 3.92. The highest BCUT2D eigenvalue weighted by Crippen LogP contribution is 1.63. The van der Waals surface area contributed by atoms with E-state index in [0.717, 1.165) is 0 Å². The smallest absolute Gasteiger partial charge is 0.0489 e.